The second kappa shape index (κ2) is 17.2. The lowest BCUT2D eigenvalue weighted by Crippen LogP contribution is -2.73. The summed E-state index contributed by atoms with van der Waals surface area (Å²) >= 11 is 2.55. The smallest absolute Gasteiger partial charge is 0.352 e. The molecule has 0 bridgehead atoms. The third-order valence-corrected chi connectivity index (χ3v) is 10.7. The average Bonchev–Trinajstić information content (AvgIpc) is 3.17. The third kappa shape index (κ3) is 8.39. The minimum Gasteiger partial charge on any atom is -0.477 e. The molecule has 2 aliphatic heterocycles. The summed E-state index contributed by atoms with van der Waals surface area (Å²) in [4.78, 5) is 114. The molecule has 3 heterocycles. The van der Waals surface area contributed by atoms with Crippen molar-refractivity contribution < 1.29 is 43.4 Å². The molecule has 288 valence electrons. The molecule has 3 aromatic rings. The van der Waals surface area contributed by atoms with Crippen molar-refractivity contribution >= 4 is 70.7 Å². The number of anilines is 1. The molecule has 5 rings (SSSR count). The maximum absolute atomic E-state index is 14.2. The van der Waals surface area contributed by atoms with Gasteiger partial charge in [-0.05, 0) is 48.3 Å². The number of nitrogens with two attached hydrogens (primary N) is 2. The second-order valence-electron chi connectivity index (χ2n) is 12.4. The molecule has 0 spiro atoms. The van der Waals surface area contributed by atoms with Gasteiger partial charge in [-0.3, -0.25) is 43.4 Å². The Morgan fingerprint density at radius 2 is 1.71 bits per heavy atom. The number of carbonyl (C=O) groups excluding carboxylic acids is 6. The Kier molecular flexibility index (Phi) is 12.7. The zero-order valence-corrected chi connectivity index (χ0v) is 31.4. The van der Waals surface area contributed by atoms with Crippen LogP contribution in [0.15, 0.2) is 76.9 Å². The van der Waals surface area contributed by atoms with Gasteiger partial charge in [0.1, 0.15) is 41.1 Å². The Labute approximate surface area is 322 Å². The fourth-order valence-electron chi connectivity index (χ4n) is 5.97. The van der Waals surface area contributed by atoms with Crippen molar-refractivity contribution in [2.45, 2.75) is 43.8 Å². The number of hydrogen-bond acceptors (Lipinski definition) is 14. The van der Waals surface area contributed by atoms with Crippen molar-refractivity contribution in [3.63, 3.8) is 0 Å². The van der Waals surface area contributed by atoms with Gasteiger partial charge in [-0.25, -0.2) is 14.7 Å². The Morgan fingerprint density at radius 1 is 1.04 bits per heavy atom. The number of nitrogens with one attached hydrogen (secondary N) is 1. The number of carbonyl (C=O) groups is 7. The van der Waals surface area contributed by atoms with E-state index in [0.717, 1.165) is 34.7 Å². The first kappa shape index (κ1) is 40.6. The van der Waals surface area contributed by atoms with Gasteiger partial charge in [-0.1, -0.05) is 30.3 Å². The van der Waals surface area contributed by atoms with Gasteiger partial charge in [0, 0.05) is 36.9 Å². The van der Waals surface area contributed by atoms with Crippen molar-refractivity contribution in [2.75, 3.05) is 29.3 Å². The predicted molar refractivity (Wildman–Crippen MR) is 202 cm³/mol. The van der Waals surface area contributed by atoms with Gasteiger partial charge in [0.25, 0.3) is 29.2 Å². The molecule has 17 nitrogen and oxygen atoms in total. The van der Waals surface area contributed by atoms with Crippen molar-refractivity contribution in [1.82, 2.24) is 19.8 Å². The van der Waals surface area contributed by atoms with Crippen LogP contribution in [0.25, 0.3) is 11.4 Å². The number of amides is 5. The van der Waals surface area contributed by atoms with Crippen LogP contribution in [-0.4, -0.2) is 108 Å². The lowest BCUT2D eigenvalue weighted by Gasteiger charge is -2.52. The van der Waals surface area contributed by atoms with Crippen LogP contribution in [-0.2, 0) is 33.5 Å². The Bertz CT molecular complexity index is 2130. The van der Waals surface area contributed by atoms with Crippen LogP contribution in [0.3, 0.4) is 0 Å². The summed E-state index contributed by atoms with van der Waals surface area (Å²) in [7, 11) is 0. The molecule has 0 aliphatic carbocycles. The number of benzene rings is 2. The number of imide groups is 2. The summed E-state index contributed by atoms with van der Waals surface area (Å²) in [5.74, 6) is -5.82. The van der Waals surface area contributed by atoms with Crippen LogP contribution in [0.1, 0.15) is 42.2 Å². The maximum Gasteiger partial charge on any atom is 0.352 e. The number of fused-ring (bicyclic) bond motifs is 1. The van der Waals surface area contributed by atoms with Crippen LogP contribution in [0.4, 0.5) is 5.69 Å². The number of thioether (sulfide) groups is 2. The van der Waals surface area contributed by atoms with Crippen LogP contribution in [0, 0.1) is 0 Å². The van der Waals surface area contributed by atoms with Crippen molar-refractivity contribution in [1.29, 1.82) is 0 Å². The number of β-lactam (4-membered cyclic amide) rings is 1. The number of esters is 1. The zero-order valence-electron chi connectivity index (χ0n) is 29.8. The molecule has 4 atom stereocenters. The summed E-state index contributed by atoms with van der Waals surface area (Å²) in [6.07, 6.45) is 3.17. The fraction of sp³-hybridized carbons (Fsp3) is 0.306. The second-order valence-corrected chi connectivity index (χ2v) is 14.5. The van der Waals surface area contributed by atoms with E-state index < -0.39 is 81.8 Å². The van der Waals surface area contributed by atoms with Gasteiger partial charge in [0.2, 0.25) is 5.91 Å². The number of carboxylic acids is 1. The van der Waals surface area contributed by atoms with E-state index in [1.807, 2.05) is 6.26 Å². The molecule has 6 N–H and O–H groups in total. The number of aromatic nitrogens is 2. The molecule has 2 aliphatic rings. The molecule has 1 saturated heterocycles. The number of H-pyrrole nitrogens is 1. The summed E-state index contributed by atoms with van der Waals surface area (Å²) in [6.45, 7) is 1.99. The zero-order chi connectivity index (χ0) is 40.1. The van der Waals surface area contributed by atoms with Gasteiger partial charge in [-0.2, -0.15) is 11.8 Å². The monoisotopic (exact) mass is 791 g/mol. The predicted octanol–water partition coefficient (Wildman–Crippen LogP) is 1.25. The van der Waals surface area contributed by atoms with Crippen molar-refractivity contribution in [3.8, 4) is 11.4 Å². The van der Waals surface area contributed by atoms with Gasteiger partial charge >= 0.3 is 11.9 Å². The van der Waals surface area contributed by atoms with E-state index in [1.165, 1.54) is 43.0 Å². The van der Waals surface area contributed by atoms with Crippen LogP contribution < -0.4 is 21.9 Å². The summed E-state index contributed by atoms with van der Waals surface area (Å²) < 4.78 is 4.98. The molecule has 0 saturated carbocycles. The number of rotatable bonds is 13. The van der Waals surface area contributed by atoms with Crippen LogP contribution in [0.5, 0.6) is 0 Å². The Balaban J connectivity index is 1.46. The molecule has 19 heteroatoms. The highest BCUT2D eigenvalue weighted by molar-refractivity contribution is 8.00. The minimum atomic E-state index is -1.56. The van der Waals surface area contributed by atoms with Gasteiger partial charge in [0.15, 0.2) is 0 Å². The third-order valence-electron chi connectivity index (χ3n) is 8.74. The maximum atomic E-state index is 14.2. The van der Waals surface area contributed by atoms with Crippen LogP contribution >= 0.6 is 23.5 Å². The molecule has 0 radical (unpaired) electrons. The lowest BCUT2D eigenvalue weighted by molar-refractivity contribution is -0.157. The van der Waals surface area contributed by atoms with E-state index in [1.54, 1.807) is 30.3 Å². The van der Waals surface area contributed by atoms with Crippen molar-refractivity contribution in [2.24, 2.45) is 11.5 Å². The topological polar surface area (TPSA) is 256 Å². The van der Waals surface area contributed by atoms with Crippen molar-refractivity contribution in [3.05, 3.63) is 93.5 Å². The highest BCUT2D eigenvalue weighted by Gasteiger charge is 2.59. The van der Waals surface area contributed by atoms with Gasteiger partial charge in [-0.15, -0.1) is 11.8 Å². The van der Waals surface area contributed by atoms with E-state index in [2.05, 4.69) is 9.97 Å². The molecule has 2 aromatic carbocycles. The summed E-state index contributed by atoms with van der Waals surface area (Å²) in [5, 5.41) is 8.94. The van der Waals surface area contributed by atoms with Gasteiger partial charge in [0.05, 0.1) is 11.7 Å². The number of nitrogens with zero attached hydrogens (tertiary/aromatic N) is 4. The molecule has 1 fully saturated rings. The fourth-order valence-corrected chi connectivity index (χ4v) is 7.83. The highest BCUT2D eigenvalue weighted by Crippen LogP contribution is 2.43. The molecule has 3 unspecified atom stereocenters. The lowest BCUT2D eigenvalue weighted by atomic mass is 9.98. The number of ether oxygens (including phenoxy) is 1. The SMILES string of the molecule is CSCCC(N)C(=O)N(C(C)=O)c1ccc(-c2ncc(C(=O)N(C(=O)C(N)c3ccccc3)C3C(=O)N4C(C(=O)O)=C(COC(C)=O)CS[C@@H]34)c(=O)[nH]2)cc1. The minimum absolute atomic E-state index is 0.00499. The number of aliphatic carboxylic acids is 1. The quantitative estimate of drug-likeness (QED) is 0.140. The number of aromatic amines is 1. The standard InChI is InChI=1S/C36H37N7O10S2/c1-18(44)41(32(48)25(37)13-14-54-3)23-11-9-21(10-12-23)29-39-15-24(30(46)40-29)31(47)42(33(49)26(38)20-7-5-4-6-8-20)28-34(50)43-27(36(51)52)22(16-53-19(2)45)17-55-35(28)43/h4-12,15,25-26,28,35H,13-14,16-17,37-38H2,1-3H3,(H,51,52)(H,39,40,46)/t25?,26?,28?,35-/m0/s1. The average molecular weight is 792 g/mol. The first-order valence-corrected chi connectivity index (χ1v) is 19.1. The number of hydrogen-bond donors (Lipinski definition) is 4. The van der Waals surface area contributed by atoms with E-state index in [-0.39, 0.29) is 29.4 Å². The van der Waals surface area contributed by atoms with E-state index >= 15 is 0 Å². The summed E-state index contributed by atoms with van der Waals surface area (Å²) in [6, 6.07) is 10.0. The molecule has 5 amide bonds. The van der Waals surface area contributed by atoms with E-state index in [4.69, 9.17) is 16.2 Å². The molecule has 55 heavy (non-hydrogen) atoms. The largest absolute Gasteiger partial charge is 0.477 e. The first-order valence-electron chi connectivity index (χ1n) is 16.7. The van der Waals surface area contributed by atoms with Crippen LogP contribution in [0.2, 0.25) is 0 Å². The first-order chi connectivity index (χ1) is 26.2. The normalized spacial score (nSPS) is 17.3. The highest BCUT2D eigenvalue weighted by atomic mass is 32.2. The number of carboxylic acid groups (broad SMARTS) is 1. The Morgan fingerprint density at radius 3 is 2.29 bits per heavy atom. The summed E-state index contributed by atoms with van der Waals surface area (Å²) in [5.41, 5.74) is 11.3. The molecule has 1 aromatic heterocycles. The van der Waals surface area contributed by atoms with E-state index in [0.29, 0.717) is 28.2 Å². The Hall–Kier alpha value is -5.63. The molecular formula is C36H37N7O10S2. The molecular weight excluding hydrogens is 755 g/mol. The van der Waals surface area contributed by atoms with Gasteiger partial charge < -0.3 is 26.3 Å². The van der Waals surface area contributed by atoms with E-state index in [9.17, 15) is 43.5 Å².